The SMILES string of the molecule is CC(C)N(CC(=O)N1c2ccccc2-n2cccc2C1c1ccco1)C(=O)C(C)(C)CCl. The Morgan fingerprint density at radius 2 is 1.81 bits per heavy atom. The van der Waals surface area contributed by atoms with Crippen LogP contribution in [0.5, 0.6) is 0 Å². The lowest BCUT2D eigenvalue weighted by atomic mass is 9.93. The summed E-state index contributed by atoms with van der Waals surface area (Å²) in [6.45, 7) is 7.38. The van der Waals surface area contributed by atoms with Crippen molar-refractivity contribution in [2.24, 2.45) is 5.41 Å². The van der Waals surface area contributed by atoms with Crippen LogP contribution in [0, 0.1) is 5.41 Å². The maximum Gasteiger partial charge on any atom is 0.247 e. The summed E-state index contributed by atoms with van der Waals surface area (Å²) in [4.78, 5) is 30.5. The van der Waals surface area contributed by atoms with Crippen LogP contribution in [0.25, 0.3) is 5.69 Å². The van der Waals surface area contributed by atoms with Gasteiger partial charge in [-0.2, -0.15) is 0 Å². The normalized spacial score (nSPS) is 15.4. The largest absolute Gasteiger partial charge is 0.467 e. The van der Waals surface area contributed by atoms with Crippen LogP contribution in [0.4, 0.5) is 5.69 Å². The van der Waals surface area contributed by atoms with E-state index in [1.807, 2.05) is 68.6 Å². The number of benzene rings is 1. The summed E-state index contributed by atoms with van der Waals surface area (Å²) in [6, 6.07) is 14.8. The summed E-state index contributed by atoms with van der Waals surface area (Å²) in [6.07, 6.45) is 3.59. The molecular formula is C25H28ClN3O3. The molecule has 1 aliphatic rings. The van der Waals surface area contributed by atoms with Crippen LogP contribution in [0.15, 0.2) is 65.4 Å². The Bertz CT molecular complexity index is 1120. The van der Waals surface area contributed by atoms with Crippen LogP contribution in [-0.2, 0) is 9.59 Å². The summed E-state index contributed by atoms with van der Waals surface area (Å²) in [7, 11) is 0. The Morgan fingerprint density at radius 1 is 1.09 bits per heavy atom. The molecule has 0 aliphatic carbocycles. The summed E-state index contributed by atoms with van der Waals surface area (Å²) in [5, 5.41) is 0. The highest BCUT2D eigenvalue weighted by atomic mass is 35.5. The zero-order valence-corrected chi connectivity index (χ0v) is 19.5. The molecule has 3 heterocycles. The molecule has 7 heteroatoms. The van der Waals surface area contributed by atoms with Gasteiger partial charge in [0.15, 0.2) is 0 Å². The van der Waals surface area contributed by atoms with E-state index in [0.717, 1.165) is 17.1 Å². The number of fused-ring (bicyclic) bond motifs is 3. The molecule has 1 aromatic carbocycles. The molecular weight excluding hydrogens is 426 g/mol. The highest BCUT2D eigenvalue weighted by Gasteiger charge is 2.40. The monoisotopic (exact) mass is 453 g/mol. The van der Waals surface area contributed by atoms with E-state index in [-0.39, 0.29) is 30.3 Å². The highest BCUT2D eigenvalue weighted by Crippen LogP contribution is 2.42. The molecule has 4 rings (SSSR count). The second-order valence-corrected chi connectivity index (χ2v) is 9.29. The van der Waals surface area contributed by atoms with Crippen molar-refractivity contribution >= 4 is 29.1 Å². The third-order valence-corrected chi connectivity index (χ3v) is 6.57. The molecule has 0 fully saturated rings. The van der Waals surface area contributed by atoms with Gasteiger partial charge in [-0.1, -0.05) is 12.1 Å². The predicted octanol–water partition coefficient (Wildman–Crippen LogP) is 5.01. The molecule has 6 nitrogen and oxygen atoms in total. The number of alkyl halides is 1. The van der Waals surface area contributed by atoms with E-state index in [1.165, 1.54) is 0 Å². The Labute approximate surface area is 193 Å². The number of furan rings is 1. The van der Waals surface area contributed by atoms with Gasteiger partial charge in [0.25, 0.3) is 0 Å². The second-order valence-electron chi connectivity index (χ2n) is 9.02. The number of rotatable bonds is 6. The van der Waals surface area contributed by atoms with Crippen LogP contribution >= 0.6 is 11.6 Å². The first kappa shape index (κ1) is 22.2. The van der Waals surface area contributed by atoms with Crippen molar-refractivity contribution in [2.75, 3.05) is 17.3 Å². The van der Waals surface area contributed by atoms with Crippen molar-refractivity contribution < 1.29 is 14.0 Å². The summed E-state index contributed by atoms with van der Waals surface area (Å²) in [5.74, 6) is 0.521. The van der Waals surface area contributed by atoms with Gasteiger partial charge in [-0.15, -0.1) is 11.6 Å². The average molecular weight is 454 g/mol. The van der Waals surface area contributed by atoms with Crippen LogP contribution < -0.4 is 4.90 Å². The fourth-order valence-electron chi connectivity index (χ4n) is 4.13. The van der Waals surface area contributed by atoms with E-state index < -0.39 is 11.5 Å². The zero-order chi connectivity index (χ0) is 23.0. The number of carbonyl (C=O) groups excluding carboxylic acids is 2. The van der Waals surface area contributed by atoms with Crippen LogP contribution in [0.1, 0.15) is 45.2 Å². The highest BCUT2D eigenvalue weighted by molar-refractivity contribution is 6.20. The standard InChI is InChI=1S/C25H28ClN3O3/c1-17(2)28(24(31)25(3,4)16-26)15-22(30)29-19-10-6-5-9-18(19)27-13-7-11-20(27)23(29)21-12-8-14-32-21/h5-14,17,23H,15-16H2,1-4H3. The molecule has 1 unspecified atom stereocenters. The maximum atomic E-state index is 13.9. The number of aromatic nitrogens is 1. The first-order valence-corrected chi connectivity index (χ1v) is 11.3. The molecule has 1 aliphatic heterocycles. The van der Waals surface area contributed by atoms with Gasteiger partial charge in [0.2, 0.25) is 11.8 Å². The molecule has 3 aromatic rings. The molecule has 2 amide bonds. The first-order valence-electron chi connectivity index (χ1n) is 10.8. The number of carbonyl (C=O) groups is 2. The summed E-state index contributed by atoms with van der Waals surface area (Å²) in [5.41, 5.74) is 1.85. The van der Waals surface area contributed by atoms with Crippen molar-refractivity contribution in [2.45, 2.75) is 39.8 Å². The lowest BCUT2D eigenvalue weighted by Gasteiger charge is -2.39. The minimum Gasteiger partial charge on any atom is -0.467 e. The van der Waals surface area contributed by atoms with Gasteiger partial charge in [0.1, 0.15) is 18.3 Å². The summed E-state index contributed by atoms with van der Waals surface area (Å²) >= 11 is 6.07. The molecule has 0 bridgehead atoms. The third kappa shape index (κ3) is 3.73. The van der Waals surface area contributed by atoms with E-state index in [0.29, 0.717) is 5.76 Å². The quantitative estimate of drug-likeness (QED) is 0.493. The zero-order valence-electron chi connectivity index (χ0n) is 18.8. The first-order chi connectivity index (χ1) is 15.3. The van der Waals surface area contributed by atoms with Gasteiger partial charge in [-0.3, -0.25) is 14.5 Å². The smallest absolute Gasteiger partial charge is 0.247 e. The van der Waals surface area contributed by atoms with Crippen LogP contribution in [0.3, 0.4) is 0 Å². The number of nitrogens with zero attached hydrogens (tertiary/aromatic N) is 3. The predicted molar refractivity (Wildman–Crippen MR) is 125 cm³/mol. The lowest BCUT2D eigenvalue weighted by Crippen LogP contribution is -2.52. The van der Waals surface area contributed by atoms with E-state index >= 15 is 0 Å². The van der Waals surface area contributed by atoms with Crippen molar-refractivity contribution in [3.63, 3.8) is 0 Å². The van der Waals surface area contributed by atoms with Gasteiger partial charge in [-0.05, 0) is 64.1 Å². The van der Waals surface area contributed by atoms with Gasteiger partial charge in [-0.25, -0.2) is 0 Å². The van der Waals surface area contributed by atoms with Crippen LogP contribution in [0.2, 0.25) is 0 Å². The van der Waals surface area contributed by atoms with E-state index in [2.05, 4.69) is 4.57 Å². The molecule has 0 spiro atoms. The van der Waals surface area contributed by atoms with Gasteiger partial charge < -0.3 is 13.9 Å². The molecule has 0 saturated heterocycles. The molecule has 1 atom stereocenters. The molecule has 0 radical (unpaired) electrons. The van der Waals surface area contributed by atoms with Crippen molar-refractivity contribution in [1.82, 2.24) is 9.47 Å². The Hall–Kier alpha value is -2.99. The fourth-order valence-corrected chi connectivity index (χ4v) is 4.25. The Morgan fingerprint density at radius 3 is 2.44 bits per heavy atom. The minimum absolute atomic E-state index is 0.0525. The lowest BCUT2D eigenvalue weighted by molar-refractivity contribution is -0.144. The topological polar surface area (TPSA) is 58.7 Å². The van der Waals surface area contributed by atoms with E-state index in [9.17, 15) is 9.59 Å². The molecule has 0 N–H and O–H groups in total. The second kappa shape index (κ2) is 8.51. The van der Waals surface area contributed by atoms with Crippen molar-refractivity contribution in [1.29, 1.82) is 0 Å². The number of halogens is 1. The molecule has 168 valence electrons. The number of hydrogen-bond acceptors (Lipinski definition) is 3. The van der Waals surface area contributed by atoms with Crippen molar-refractivity contribution in [3.05, 3.63) is 72.4 Å². The number of hydrogen-bond donors (Lipinski definition) is 0. The number of amides is 2. The maximum absolute atomic E-state index is 13.9. The van der Waals surface area contributed by atoms with Gasteiger partial charge >= 0.3 is 0 Å². The fraction of sp³-hybridized carbons (Fsp3) is 0.360. The Kier molecular flexibility index (Phi) is 5.91. The average Bonchev–Trinajstić information content (AvgIpc) is 3.48. The third-order valence-electron chi connectivity index (χ3n) is 5.90. The minimum atomic E-state index is -0.763. The molecule has 2 aromatic heterocycles. The van der Waals surface area contributed by atoms with Gasteiger partial charge in [0, 0.05) is 18.1 Å². The molecule has 32 heavy (non-hydrogen) atoms. The number of para-hydroxylation sites is 2. The molecule has 0 saturated carbocycles. The number of anilines is 1. The van der Waals surface area contributed by atoms with Crippen LogP contribution in [-0.4, -0.2) is 39.7 Å². The Balaban J connectivity index is 1.78. The van der Waals surface area contributed by atoms with Crippen molar-refractivity contribution in [3.8, 4) is 5.69 Å². The van der Waals surface area contributed by atoms with E-state index in [1.54, 1.807) is 29.9 Å². The van der Waals surface area contributed by atoms with Gasteiger partial charge in [0.05, 0.1) is 28.7 Å². The van der Waals surface area contributed by atoms with E-state index in [4.69, 9.17) is 16.0 Å². The summed E-state index contributed by atoms with van der Waals surface area (Å²) < 4.78 is 7.84.